The Hall–Kier alpha value is -1.09. The molecule has 1 unspecified atom stereocenters. The predicted molar refractivity (Wildman–Crippen MR) is 135 cm³/mol. The molecule has 0 saturated carbocycles. The fraction of sp³-hybridized carbons (Fsp3) is 0.727. The summed E-state index contributed by atoms with van der Waals surface area (Å²) >= 11 is 0. The number of likely N-dealkylation sites (N-methyl/N-ethyl adjacent to an activating group) is 1. The lowest BCUT2D eigenvalue weighted by molar-refractivity contribution is 0.312. The minimum atomic E-state index is 0. The quantitative estimate of drug-likeness (QED) is 0.298. The van der Waals surface area contributed by atoms with Crippen LogP contribution in [0.4, 0.5) is 5.82 Å². The van der Waals surface area contributed by atoms with Crippen molar-refractivity contribution >= 4 is 35.8 Å². The van der Waals surface area contributed by atoms with E-state index < -0.39 is 0 Å². The second-order valence-corrected chi connectivity index (χ2v) is 8.38. The largest absolute Gasteiger partial charge is 0.357 e. The van der Waals surface area contributed by atoms with E-state index in [0.717, 1.165) is 50.4 Å². The topological polar surface area (TPSA) is 55.8 Å². The second kappa shape index (κ2) is 14.0. The average molecular weight is 517 g/mol. The fourth-order valence-corrected chi connectivity index (χ4v) is 3.40. The summed E-state index contributed by atoms with van der Waals surface area (Å²) in [6.45, 7) is 14.7. The first-order valence-electron chi connectivity index (χ1n) is 10.9. The van der Waals surface area contributed by atoms with Crippen LogP contribution in [0.3, 0.4) is 0 Å². The normalized spacial score (nSPS) is 16.5. The molecule has 7 heteroatoms. The number of rotatable bonds is 9. The number of hydrogen-bond acceptors (Lipinski definition) is 4. The van der Waals surface area contributed by atoms with Crippen molar-refractivity contribution in [2.24, 2.45) is 10.9 Å². The highest BCUT2D eigenvalue weighted by atomic mass is 127. The molecule has 0 aliphatic carbocycles. The molecule has 29 heavy (non-hydrogen) atoms. The fourth-order valence-electron chi connectivity index (χ4n) is 3.40. The Balaban J connectivity index is 0.00000420. The van der Waals surface area contributed by atoms with Gasteiger partial charge in [-0.25, -0.2) is 9.98 Å². The maximum Gasteiger partial charge on any atom is 0.191 e. The second-order valence-electron chi connectivity index (χ2n) is 8.38. The minimum Gasteiger partial charge on any atom is -0.357 e. The molecule has 0 aromatic carbocycles. The highest BCUT2D eigenvalue weighted by Crippen LogP contribution is 2.15. The number of anilines is 1. The zero-order chi connectivity index (χ0) is 20.4. The summed E-state index contributed by atoms with van der Waals surface area (Å²) < 4.78 is 0. The van der Waals surface area contributed by atoms with Crippen LogP contribution in [0.15, 0.2) is 23.3 Å². The van der Waals surface area contributed by atoms with E-state index in [1.165, 1.54) is 24.8 Å². The molecular weight excluding hydrogens is 475 g/mol. The van der Waals surface area contributed by atoms with Gasteiger partial charge in [-0.3, -0.25) is 0 Å². The molecule has 166 valence electrons. The number of hydrogen-bond donors (Lipinski definition) is 2. The van der Waals surface area contributed by atoms with Gasteiger partial charge in [0.15, 0.2) is 5.96 Å². The zero-order valence-corrected chi connectivity index (χ0v) is 21.3. The summed E-state index contributed by atoms with van der Waals surface area (Å²) in [7, 11) is 2.18. The molecule has 2 heterocycles. The van der Waals surface area contributed by atoms with Crippen molar-refractivity contribution in [3.8, 4) is 0 Å². The third kappa shape index (κ3) is 9.98. The highest BCUT2D eigenvalue weighted by Gasteiger charge is 2.15. The lowest BCUT2D eigenvalue weighted by atomic mass is 10.0. The molecule has 0 spiro atoms. The Morgan fingerprint density at radius 2 is 1.90 bits per heavy atom. The lowest BCUT2D eigenvalue weighted by Crippen LogP contribution is -2.44. The summed E-state index contributed by atoms with van der Waals surface area (Å²) in [4.78, 5) is 14.1. The number of nitrogens with one attached hydrogen (secondary N) is 2. The van der Waals surface area contributed by atoms with Crippen molar-refractivity contribution in [3.63, 3.8) is 0 Å². The van der Waals surface area contributed by atoms with E-state index in [1.54, 1.807) is 0 Å². The van der Waals surface area contributed by atoms with Crippen LogP contribution < -0.4 is 15.5 Å². The van der Waals surface area contributed by atoms with E-state index in [2.05, 4.69) is 72.3 Å². The summed E-state index contributed by atoms with van der Waals surface area (Å²) in [5, 5.41) is 6.93. The molecule has 1 aromatic heterocycles. The van der Waals surface area contributed by atoms with Gasteiger partial charge >= 0.3 is 0 Å². The van der Waals surface area contributed by atoms with E-state index in [0.29, 0.717) is 12.6 Å². The molecule has 0 radical (unpaired) electrons. The number of aliphatic imine (C=N–C) groups is 1. The van der Waals surface area contributed by atoms with Crippen LogP contribution in [0.2, 0.25) is 0 Å². The number of halogens is 1. The molecule has 0 bridgehead atoms. The number of piperazine rings is 1. The Bertz CT molecular complexity index is 599. The molecule has 1 aromatic rings. The molecule has 1 aliphatic rings. The first kappa shape index (κ1) is 25.9. The molecule has 2 N–H and O–H groups in total. The molecule has 1 aliphatic heterocycles. The van der Waals surface area contributed by atoms with Crippen LogP contribution in [0.25, 0.3) is 0 Å². The van der Waals surface area contributed by atoms with Crippen molar-refractivity contribution < 1.29 is 0 Å². The van der Waals surface area contributed by atoms with Gasteiger partial charge in [-0.1, -0.05) is 26.7 Å². The van der Waals surface area contributed by atoms with Crippen molar-refractivity contribution in [2.45, 2.75) is 59.5 Å². The van der Waals surface area contributed by atoms with Gasteiger partial charge in [-0.05, 0) is 50.9 Å². The van der Waals surface area contributed by atoms with E-state index in [9.17, 15) is 0 Å². The van der Waals surface area contributed by atoms with Crippen LogP contribution in [-0.2, 0) is 6.54 Å². The summed E-state index contributed by atoms with van der Waals surface area (Å²) in [5.74, 6) is 2.74. The van der Waals surface area contributed by atoms with Crippen LogP contribution >= 0.6 is 24.0 Å². The van der Waals surface area contributed by atoms with Gasteiger partial charge < -0.3 is 20.4 Å². The zero-order valence-electron chi connectivity index (χ0n) is 18.9. The van der Waals surface area contributed by atoms with Gasteiger partial charge in [-0.2, -0.15) is 0 Å². The third-order valence-electron chi connectivity index (χ3n) is 5.20. The lowest BCUT2D eigenvalue weighted by Gasteiger charge is -2.33. The Kier molecular flexibility index (Phi) is 12.5. The van der Waals surface area contributed by atoms with Crippen LogP contribution in [0, 0.1) is 5.92 Å². The number of aromatic nitrogens is 1. The average Bonchev–Trinajstić information content (AvgIpc) is 2.67. The summed E-state index contributed by atoms with van der Waals surface area (Å²) in [5.41, 5.74) is 1.20. The molecule has 2 rings (SSSR count). The van der Waals surface area contributed by atoms with Gasteiger partial charge in [0.25, 0.3) is 0 Å². The van der Waals surface area contributed by atoms with Crippen molar-refractivity contribution in [1.82, 2.24) is 20.5 Å². The smallest absolute Gasteiger partial charge is 0.191 e. The molecule has 1 fully saturated rings. The number of pyridine rings is 1. The van der Waals surface area contributed by atoms with Crippen molar-refractivity contribution in [2.75, 3.05) is 44.7 Å². The molecular formula is C22H41IN6. The van der Waals surface area contributed by atoms with E-state index in [1.807, 2.05) is 6.20 Å². The monoisotopic (exact) mass is 516 g/mol. The van der Waals surface area contributed by atoms with Gasteiger partial charge in [0.2, 0.25) is 0 Å². The van der Waals surface area contributed by atoms with Gasteiger partial charge in [0, 0.05) is 45.0 Å². The first-order valence-corrected chi connectivity index (χ1v) is 10.9. The van der Waals surface area contributed by atoms with Crippen molar-refractivity contribution in [1.29, 1.82) is 0 Å². The minimum absolute atomic E-state index is 0. The SMILES string of the molecule is CCNC(=NCc1ccnc(N2CCN(C)CC2)c1)NC(C)CCCC(C)C.I. The van der Waals surface area contributed by atoms with E-state index in [-0.39, 0.29) is 24.0 Å². The van der Waals surface area contributed by atoms with E-state index >= 15 is 0 Å². The van der Waals surface area contributed by atoms with Crippen molar-refractivity contribution in [3.05, 3.63) is 23.9 Å². The standard InChI is InChI=1S/C22H40N6.HI/c1-6-23-22(26-19(4)9-7-8-18(2)3)25-17-20-10-11-24-21(16-20)28-14-12-27(5)13-15-28;/h10-11,16,18-19H,6-9,12-15,17H2,1-5H3,(H2,23,25,26);1H. The summed E-state index contributed by atoms with van der Waals surface area (Å²) in [6.07, 6.45) is 5.62. The molecule has 1 saturated heterocycles. The maximum atomic E-state index is 4.81. The van der Waals surface area contributed by atoms with Crippen LogP contribution in [-0.4, -0.2) is 61.7 Å². The molecule has 1 atom stereocenters. The molecule has 0 amide bonds. The van der Waals surface area contributed by atoms with Gasteiger partial charge in [0.1, 0.15) is 5.82 Å². The van der Waals surface area contributed by atoms with Crippen LogP contribution in [0.5, 0.6) is 0 Å². The Morgan fingerprint density at radius 3 is 2.55 bits per heavy atom. The van der Waals surface area contributed by atoms with E-state index in [4.69, 9.17) is 4.99 Å². The Labute approximate surface area is 195 Å². The number of nitrogens with zero attached hydrogens (tertiary/aromatic N) is 4. The van der Waals surface area contributed by atoms with Crippen LogP contribution in [0.1, 0.15) is 52.5 Å². The highest BCUT2D eigenvalue weighted by molar-refractivity contribution is 14.0. The summed E-state index contributed by atoms with van der Waals surface area (Å²) in [6, 6.07) is 4.68. The van der Waals surface area contributed by atoms with Gasteiger partial charge in [-0.15, -0.1) is 24.0 Å². The third-order valence-corrected chi connectivity index (χ3v) is 5.20. The first-order chi connectivity index (χ1) is 13.5. The predicted octanol–water partition coefficient (Wildman–Crippen LogP) is 3.72. The molecule has 6 nitrogen and oxygen atoms in total. The number of guanidine groups is 1. The Morgan fingerprint density at radius 1 is 1.17 bits per heavy atom. The van der Waals surface area contributed by atoms with Gasteiger partial charge in [0.05, 0.1) is 6.54 Å². The maximum absolute atomic E-state index is 4.81.